The molecule has 2 rings (SSSR count). The summed E-state index contributed by atoms with van der Waals surface area (Å²) >= 11 is 5.93. The second kappa shape index (κ2) is 5.63. The van der Waals surface area contributed by atoms with Gasteiger partial charge in [0.25, 0.3) is 0 Å². The standard InChI is InChI=1S/C12H16ClN3O2/c1-16-5-3-4-8(7-16)11-14-9(12(17)18-2)6-10(13)15-11/h6,8H,3-5,7H2,1-2H3. The molecule has 98 valence electrons. The van der Waals surface area contributed by atoms with Crippen molar-refractivity contribution < 1.29 is 9.53 Å². The summed E-state index contributed by atoms with van der Waals surface area (Å²) in [6.07, 6.45) is 2.12. The number of carbonyl (C=O) groups is 1. The second-order valence-electron chi connectivity index (χ2n) is 4.53. The summed E-state index contributed by atoms with van der Waals surface area (Å²) in [6, 6.07) is 1.43. The van der Waals surface area contributed by atoms with Gasteiger partial charge in [-0.3, -0.25) is 0 Å². The molecule has 1 aromatic heterocycles. The Morgan fingerprint density at radius 3 is 3.00 bits per heavy atom. The molecule has 2 heterocycles. The molecular weight excluding hydrogens is 254 g/mol. The quantitative estimate of drug-likeness (QED) is 0.604. The van der Waals surface area contributed by atoms with Gasteiger partial charge in [-0.15, -0.1) is 0 Å². The minimum Gasteiger partial charge on any atom is -0.464 e. The van der Waals surface area contributed by atoms with E-state index in [2.05, 4.69) is 26.7 Å². The third-order valence-electron chi connectivity index (χ3n) is 3.10. The zero-order valence-corrected chi connectivity index (χ0v) is 11.3. The van der Waals surface area contributed by atoms with Gasteiger partial charge in [-0.25, -0.2) is 14.8 Å². The van der Waals surface area contributed by atoms with Gasteiger partial charge < -0.3 is 9.64 Å². The largest absolute Gasteiger partial charge is 0.464 e. The fourth-order valence-corrected chi connectivity index (χ4v) is 2.39. The highest BCUT2D eigenvalue weighted by molar-refractivity contribution is 6.29. The van der Waals surface area contributed by atoms with Crippen LogP contribution in [0.3, 0.4) is 0 Å². The van der Waals surface area contributed by atoms with Gasteiger partial charge in [0.1, 0.15) is 11.0 Å². The maximum absolute atomic E-state index is 11.5. The molecule has 18 heavy (non-hydrogen) atoms. The minimum absolute atomic E-state index is 0.223. The molecule has 0 bridgehead atoms. The Morgan fingerprint density at radius 2 is 2.33 bits per heavy atom. The van der Waals surface area contributed by atoms with Crippen LogP contribution in [0.15, 0.2) is 6.07 Å². The van der Waals surface area contributed by atoms with E-state index < -0.39 is 5.97 Å². The van der Waals surface area contributed by atoms with Crippen molar-refractivity contribution in [3.8, 4) is 0 Å². The average molecular weight is 270 g/mol. The van der Waals surface area contributed by atoms with Crippen molar-refractivity contribution in [1.29, 1.82) is 0 Å². The molecular formula is C12H16ClN3O2. The van der Waals surface area contributed by atoms with Crippen molar-refractivity contribution in [2.45, 2.75) is 18.8 Å². The van der Waals surface area contributed by atoms with E-state index >= 15 is 0 Å². The average Bonchev–Trinajstić information content (AvgIpc) is 2.37. The summed E-state index contributed by atoms with van der Waals surface area (Å²) in [5.74, 6) is 0.380. The smallest absolute Gasteiger partial charge is 0.356 e. The van der Waals surface area contributed by atoms with Gasteiger partial charge in [0.2, 0.25) is 0 Å². The Hall–Kier alpha value is -1.20. The molecule has 1 aliphatic heterocycles. The first-order chi connectivity index (χ1) is 8.60. The van der Waals surface area contributed by atoms with Crippen LogP contribution < -0.4 is 0 Å². The maximum Gasteiger partial charge on any atom is 0.356 e. The van der Waals surface area contributed by atoms with E-state index in [0.29, 0.717) is 5.82 Å². The van der Waals surface area contributed by atoms with Gasteiger partial charge in [0.05, 0.1) is 7.11 Å². The van der Waals surface area contributed by atoms with Crippen LogP contribution in [0.4, 0.5) is 0 Å². The highest BCUT2D eigenvalue weighted by Crippen LogP contribution is 2.24. The van der Waals surface area contributed by atoms with Crippen molar-refractivity contribution in [1.82, 2.24) is 14.9 Å². The van der Waals surface area contributed by atoms with E-state index in [9.17, 15) is 4.79 Å². The van der Waals surface area contributed by atoms with Crippen molar-refractivity contribution in [2.75, 3.05) is 27.2 Å². The molecule has 6 heteroatoms. The molecule has 1 aromatic rings. The van der Waals surface area contributed by atoms with E-state index in [0.717, 1.165) is 25.9 Å². The molecule has 0 saturated carbocycles. The highest BCUT2D eigenvalue weighted by atomic mass is 35.5. The van der Waals surface area contributed by atoms with Crippen LogP contribution in [0.25, 0.3) is 0 Å². The number of hydrogen-bond donors (Lipinski definition) is 0. The van der Waals surface area contributed by atoms with Crippen molar-refractivity contribution >= 4 is 17.6 Å². The number of rotatable bonds is 2. The van der Waals surface area contributed by atoms with Crippen molar-refractivity contribution in [3.05, 3.63) is 22.7 Å². The third kappa shape index (κ3) is 2.97. The number of halogens is 1. The summed E-state index contributed by atoms with van der Waals surface area (Å²) in [5.41, 5.74) is 0.223. The maximum atomic E-state index is 11.5. The molecule has 0 aromatic carbocycles. The number of likely N-dealkylation sites (N-methyl/N-ethyl adjacent to an activating group) is 1. The molecule has 1 unspecified atom stereocenters. The number of esters is 1. The predicted molar refractivity (Wildman–Crippen MR) is 67.9 cm³/mol. The zero-order valence-electron chi connectivity index (χ0n) is 10.5. The summed E-state index contributed by atoms with van der Waals surface area (Å²) in [4.78, 5) is 22.2. The fourth-order valence-electron chi connectivity index (χ4n) is 2.20. The number of methoxy groups -OCH3 is 1. The summed E-state index contributed by atoms with van der Waals surface area (Å²) in [6.45, 7) is 1.97. The van der Waals surface area contributed by atoms with Gasteiger partial charge in [0, 0.05) is 18.5 Å². The number of aromatic nitrogens is 2. The molecule has 5 nitrogen and oxygen atoms in total. The van der Waals surface area contributed by atoms with E-state index in [4.69, 9.17) is 11.6 Å². The molecule has 0 N–H and O–H groups in total. The number of piperidine rings is 1. The summed E-state index contributed by atoms with van der Waals surface area (Å²) in [7, 11) is 3.39. The van der Waals surface area contributed by atoms with Crippen molar-refractivity contribution in [3.63, 3.8) is 0 Å². The Bertz CT molecular complexity index is 453. The molecule has 1 saturated heterocycles. The van der Waals surface area contributed by atoms with E-state index in [-0.39, 0.29) is 16.8 Å². The predicted octanol–water partition coefficient (Wildman–Crippen LogP) is 1.73. The normalized spacial score (nSPS) is 20.7. The van der Waals surface area contributed by atoms with E-state index in [1.54, 1.807) is 0 Å². The zero-order chi connectivity index (χ0) is 13.1. The number of ether oxygens (including phenoxy) is 1. The molecule has 1 fully saturated rings. The molecule has 0 amide bonds. The Labute approximate surface area is 111 Å². The van der Waals surface area contributed by atoms with Crippen LogP contribution in [0.5, 0.6) is 0 Å². The lowest BCUT2D eigenvalue weighted by Gasteiger charge is -2.28. The number of hydrogen-bond acceptors (Lipinski definition) is 5. The van der Waals surface area contributed by atoms with Crippen molar-refractivity contribution in [2.24, 2.45) is 0 Å². The first-order valence-electron chi connectivity index (χ1n) is 5.91. The topological polar surface area (TPSA) is 55.3 Å². The molecule has 0 aliphatic carbocycles. The Balaban J connectivity index is 2.27. The summed E-state index contributed by atoms with van der Waals surface area (Å²) in [5, 5.41) is 0.286. The van der Waals surface area contributed by atoms with Crippen LogP contribution in [0.1, 0.15) is 35.1 Å². The highest BCUT2D eigenvalue weighted by Gasteiger charge is 2.23. The SMILES string of the molecule is COC(=O)c1cc(Cl)nc(C2CCCN(C)C2)n1. The molecule has 1 atom stereocenters. The van der Waals surface area contributed by atoms with Crippen LogP contribution in [0.2, 0.25) is 5.15 Å². The molecule has 0 radical (unpaired) electrons. The van der Waals surface area contributed by atoms with Crippen LogP contribution >= 0.6 is 11.6 Å². The lowest BCUT2D eigenvalue weighted by Crippen LogP contribution is -2.32. The fraction of sp³-hybridized carbons (Fsp3) is 0.583. The van der Waals surface area contributed by atoms with Gasteiger partial charge in [-0.2, -0.15) is 0 Å². The van der Waals surface area contributed by atoms with Gasteiger partial charge >= 0.3 is 5.97 Å². The van der Waals surface area contributed by atoms with E-state index in [1.807, 2.05) is 0 Å². The van der Waals surface area contributed by atoms with Gasteiger partial charge in [-0.05, 0) is 26.4 Å². The number of carbonyl (C=O) groups excluding carboxylic acids is 1. The lowest BCUT2D eigenvalue weighted by molar-refractivity contribution is 0.0593. The molecule has 0 spiro atoms. The number of likely N-dealkylation sites (tertiary alicyclic amines) is 1. The molecule has 1 aliphatic rings. The minimum atomic E-state index is -0.482. The first kappa shape index (κ1) is 13.2. The second-order valence-corrected chi connectivity index (χ2v) is 4.91. The van der Waals surface area contributed by atoms with E-state index in [1.165, 1.54) is 13.2 Å². The Kier molecular flexibility index (Phi) is 4.14. The third-order valence-corrected chi connectivity index (χ3v) is 3.29. The van der Waals surface area contributed by atoms with Crippen LogP contribution in [-0.4, -0.2) is 48.1 Å². The monoisotopic (exact) mass is 269 g/mol. The van der Waals surface area contributed by atoms with Gasteiger partial charge in [-0.1, -0.05) is 11.6 Å². The summed E-state index contributed by atoms with van der Waals surface area (Å²) < 4.78 is 4.66. The van der Waals surface area contributed by atoms with Crippen LogP contribution in [-0.2, 0) is 4.74 Å². The Morgan fingerprint density at radius 1 is 1.56 bits per heavy atom. The van der Waals surface area contributed by atoms with Crippen LogP contribution in [0, 0.1) is 0 Å². The number of nitrogens with zero attached hydrogens (tertiary/aromatic N) is 3. The first-order valence-corrected chi connectivity index (χ1v) is 6.29. The lowest BCUT2D eigenvalue weighted by atomic mass is 9.97. The van der Waals surface area contributed by atoms with Gasteiger partial charge in [0.15, 0.2) is 5.69 Å².